The molecule has 0 saturated carbocycles. The third-order valence-corrected chi connectivity index (χ3v) is 5.03. The van der Waals surface area contributed by atoms with Crippen LogP contribution in [0.3, 0.4) is 0 Å². The second kappa shape index (κ2) is 5.59. The summed E-state index contributed by atoms with van der Waals surface area (Å²) in [4.78, 5) is 0. The van der Waals surface area contributed by atoms with Gasteiger partial charge in [-0.15, -0.1) is 6.42 Å². The van der Waals surface area contributed by atoms with E-state index in [-0.39, 0.29) is 6.10 Å². The Bertz CT molecular complexity index is 716. The van der Waals surface area contributed by atoms with Crippen molar-refractivity contribution in [2.45, 2.75) is 32.5 Å². The summed E-state index contributed by atoms with van der Waals surface area (Å²) in [5, 5.41) is 9.99. The largest absolute Gasteiger partial charge is 0.493 e. The lowest BCUT2D eigenvalue weighted by atomic mass is 9.97. The van der Waals surface area contributed by atoms with Crippen molar-refractivity contribution in [1.29, 1.82) is 0 Å². The van der Waals surface area contributed by atoms with E-state index in [1.807, 2.05) is 12.1 Å². The maximum absolute atomic E-state index is 9.99. The molecule has 3 atom stereocenters. The molecule has 3 rings (SSSR count). The lowest BCUT2D eigenvalue weighted by Crippen LogP contribution is -2.46. The van der Waals surface area contributed by atoms with Crippen molar-refractivity contribution < 1.29 is 14.6 Å². The Morgan fingerprint density at radius 1 is 1.52 bits per heavy atom. The maximum Gasteiger partial charge on any atom is 0.175 e. The van der Waals surface area contributed by atoms with E-state index in [1.165, 1.54) is 5.69 Å². The summed E-state index contributed by atoms with van der Waals surface area (Å²) >= 11 is 0. The van der Waals surface area contributed by atoms with E-state index in [2.05, 4.69) is 26.8 Å². The van der Waals surface area contributed by atoms with Gasteiger partial charge in [-0.3, -0.25) is 4.48 Å². The zero-order valence-electron chi connectivity index (χ0n) is 14.2. The van der Waals surface area contributed by atoms with E-state index in [0.717, 1.165) is 34.7 Å². The summed E-state index contributed by atoms with van der Waals surface area (Å²) in [6.07, 6.45) is 7.60. The van der Waals surface area contributed by atoms with Gasteiger partial charge in [0.2, 0.25) is 0 Å². The average Bonchev–Trinajstić information content (AvgIpc) is 3.03. The van der Waals surface area contributed by atoms with Crippen LogP contribution < -0.4 is 14.0 Å². The second-order valence-corrected chi connectivity index (χ2v) is 6.55. The first-order valence-corrected chi connectivity index (χ1v) is 8.02. The van der Waals surface area contributed by atoms with Gasteiger partial charge in [-0.1, -0.05) is 0 Å². The van der Waals surface area contributed by atoms with Crippen LogP contribution in [0.4, 0.5) is 5.69 Å². The molecule has 122 valence electrons. The number of terminal acetylenes is 1. The number of hydrogen-bond donors (Lipinski definition) is 1. The SMILES string of the molecule is C#CC[N+](C)(CC)c1c(C)cc(OC)c2c1C1=C[C@H](O)CC1O2. The molecule has 2 aliphatic rings. The van der Waals surface area contributed by atoms with Crippen molar-refractivity contribution in [2.75, 3.05) is 27.2 Å². The molecular formula is C19H24NO3+. The third-order valence-electron chi connectivity index (χ3n) is 5.03. The van der Waals surface area contributed by atoms with Crippen LogP contribution in [-0.4, -0.2) is 44.6 Å². The molecule has 1 N–H and O–H groups in total. The molecular weight excluding hydrogens is 290 g/mol. The first kappa shape index (κ1) is 15.9. The fourth-order valence-corrected chi connectivity index (χ4v) is 3.77. The topological polar surface area (TPSA) is 38.7 Å². The Balaban J connectivity index is 2.29. The molecule has 2 unspecified atom stereocenters. The molecule has 0 spiro atoms. The molecule has 0 radical (unpaired) electrons. The minimum atomic E-state index is -0.449. The van der Waals surface area contributed by atoms with E-state index >= 15 is 0 Å². The van der Waals surface area contributed by atoms with Crippen LogP contribution in [0.5, 0.6) is 11.5 Å². The van der Waals surface area contributed by atoms with Gasteiger partial charge in [0.15, 0.2) is 11.5 Å². The monoisotopic (exact) mass is 314 g/mol. The highest BCUT2D eigenvalue weighted by Gasteiger charge is 2.43. The minimum absolute atomic E-state index is 0.0920. The summed E-state index contributed by atoms with van der Waals surface area (Å²) < 4.78 is 12.3. The van der Waals surface area contributed by atoms with Gasteiger partial charge >= 0.3 is 0 Å². The van der Waals surface area contributed by atoms with Crippen LogP contribution in [0.2, 0.25) is 0 Å². The van der Waals surface area contributed by atoms with Crippen molar-refractivity contribution in [1.82, 2.24) is 4.48 Å². The molecule has 0 bridgehead atoms. The predicted octanol–water partition coefficient (Wildman–Crippen LogP) is 2.50. The Morgan fingerprint density at radius 2 is 2.26 bits per heavy atom. The number of aryl methyl sites for hydroxylation is 1. The Hall–Kier alpha value is -1.96. The van der Waals surface area contributed by atoms with Crippen LogP contribution in [0.15, 0.2) is 12.1 Å². The summed E-state index contributed by atoms with van der Waals surface area (Å²) in [7, 11) is 3.80. The van der Waals surface area contributed by atoms with Crippen molar-refractivity contribution in [3.05, 3.63) is 23.3 Å². The zero-order chi connectivity index (χ0) is 16.8. The van der Waals surface area contributed by atoms with Gasteiger partial charge < -0.3 is 14.6 Å². The quantitative estimate of drug-likeness (QED) is 0.685. The number of methoxy groups -OCH3 is 1. The van der Waals surface area contributed by atoms with E-state index in [9.17, 15) is 5.11 Å². The normalized spacial score (nSPS) is 24.1. The first-order chi connectivity index (χ1) is 10.9. The second-order valence-electron chi connectivity index (χ2n) is 6.55. The number of hydrogen-bond acceptors (Lipinski definition) is 3. The van der Waals surface area contributed by atoms with Crippen LogP contribution in [0.1, 0.15) is 24.5 Å². The van der Waals surface area contributed by atoms with Gasteiger partial charge in [-0.05, 0) is 31.9 Å². The lowest BCUT2D eigenvalue weighted by molar-refractivity contribution is 0.169. The molecule has 4 nitrogen and oxygen atoms in total. The number of nitrogens with zero attached hydrogens (tertiary/aromatic N) is 1. The summed E-state index contributed by atoms with van der Waals surface area (Å²) in [5.74, 6) is 4.33. The molecule has 1 aromatic carbocycles. The smallest absolute Gasteiger partial charge is 0.175 e. The fourth-order valence-electron chi connectivity index (χ4n) is 3.77. The summed E-state index contributed by atoms with van der Waals surface area (Å²) in [6, 6.07) is 2.02. The van der Waals surface area contributed by atoms with Crippen LogP contribution >= 0.6 is 0 Å². The van der Waals surface area contributed by atoms with E-state index in [0.29, 0.717) is 17.4 Å². The van der Waals surface area contributed by atoms with Crippen LogP contribution in [0.25, 0.3) is 5.57 Å². The molecule has 23 heavy (non-hydrogen) atoms. The molecule has 1 aliphatic carbocycles. The average molecular weight is 314 g/mol. The van der Waals surface area contributed by atoms with Crippen molar-refractivity contribution in [3.63, 3.8) is 0 Å². The molecule has 1 aliphatic heterocycles. The Labute approximate surface area is 137 Å². The highest BCUT2D eigenvalue weighted by molar-refractivity contribution is 5.90. The number of quaternary nitrogens is 1. The molecule has 0 fully saturated rings. The van der Waals surface area contributed by atoms with Crippen molar-refractivity contribution in [2.24, 2.45) is 0 Å². The highest BCUT2D eigenvalue weighted by Crippen LogP contribution is 2.54. The molecule has 0 amide bonds. The van der Waals surface area contributed by atoms with Crippen molar-refractivity contribution in [3.8, 4) is 23.8 Å². The summed E-state index contributed by atoms with van der Waals surface area (Å²) in [5.41, 5.74) is 4.43. The molecule has 0 aromatic heterocycles. The third kappa shape index (κ3) is 2.32. The number of aliphatic hydroxyl groups excluding tert-OH is 1. The molecule has 1 heterocycles. The van der Waals surface area contributed by atoms with E-state index in [4.69, 9.17) is 15.9 Å². The fraction of sp³-hybridized carbons (Fsp3) is 0.474. The van der Waals surface area contributed by atoms with Crippen molar-refractivity contribution >= 4 is 11.3 Å². The first-order valence-electron chi connectivity index (χ1n) is 8.02. The number of fused-ring (bicyclic) bond motifs is 3. The Morgan fingerprint density at radius 3 is 2.87 bits per heavy atom. The van der Waals surface area contributed by atoms with Gasteiger partial charge in [0.25, 0.3) is 0 Å². The molecule has 0 saturated heterocycles. The zero-order valence-corrected chi connectivity index (χ0v) is 14.2. The van der Waals surface area contributed by atoms with Crippen LogP contribution in [-0.2, 0) is 0 Å². The number of rotatable bonds is 4. The highest BCUT2D eigenvalue weighted by atomic mass is 16.5. The standard InChI is InChI=1S/C19H24NO3/c1-6-8-20(4,7-2)18-12(3)9-16(22-5)19-17(18)14-10-13(21)11-15(14)23-19/h1,9-10,13,15,21H,7-8,11H2,2-5H3/q+1/t13-,15?,20?/m0/s1. The minimum Gasteiger partial charge on any atom is -0.493 e. The maximum atomic E-state index is 9.99. The van der Waals surface area contributed by atoms with Gasteiger partial charge in [0.05, 0.1) is 32.4 Å². The van der Waals surface area contributed by atoms with Gasteiger partial charge in [-0.2, -0.15) is 0 Å². The number of aliphatic hydroxyl groups is 1. The number of benzene rings is 1. The van der Waals surface area contributed by atoms with Gasteiger partial charge in [0.1, 0.15) is 18.3 Å². The predicted molar refractivity (Wildman–Crippen MR) is 92.7 cm³/mol. The number of ether oxygens (including phenoxy) is 2. The van der Waals surface area contributed by atoms with Crippen LogP contribution in [0, 0.1) is 19.3 Å². The Kier molecular flexibility index (Phi) is 3.87. The van der Waals surface area contributed by atoms with E-state index < -0.39 is 6.10 Å². The molecule has 4 heteroatoms. The molecule has 1 aromatic rings. The van der Waals surface area contributed by atoms with Gasteiger partial charge in [-0.25, -0.2) is 0 Å². The van der Waals surface area contributed by atoms with Gasteiger partial charge in [0, 0.05) is 17.6 Å². The van der Waals surface area contributed by atoms with E-state index in [1.54, 1.807) is 7.11 Å². The summed E-state index contributed by atoms with van der Waals surface area (Å²) in [6.45, 7) is 5.71. The lowest BCUT2D eigenvalue weighted by Gasteiger charge is -2.34.